The molecule has 0 saturated carbocycles. The van der Waals surface area contributed by atoms with E-state index < -0.39 is 34.0 Å². The van der Waals surface area contributed by atoms with E-state index in [1.807, 2.05) is 0 Å². The van der Waals surface area contributed by atoms with Crippen LogP contribution in [0.3, 0.4) is 0 Å². The molecule has 1 fully saturated rings. The summed E-state index contributed by atoms with van der Waals surface area (Å²) in [6.07, 6.45) is -0.122. The van der Waals surface area contributed by atoms with Gasteiger partial charge in [-0.3, -0.25) is 4.90 Å². The summed E-state index contributed by atoms with van der Waals surface area (Å²) in [5.41, 5.74) is 1.64. The molecular weight excluding hydrogens is 457 g/mol. The number of halogens is 3. The Morgan fingerprint density at radius 3 is 2.27 bits per heavy atom. The Bertz CT molecular complexity index is 1090. The standard InChI is InChI=1S/C22H28F3N4O3S/c1-15(30)21(27-11-4-3-5-12-27)29-19-10-13-28(33(2,31)32)14-18(19)20(26-29)16-6-8-17(9-7-16)22(23,24)25/h3,6-9,15,21,30H,4-5,10-14H2,1-2H3. The molecule has 11 heteroatoms. The van der Waals surface area contributed by atoms with Gasteiger partial charge in [0.1, 0.15) is 6.17 Å². The lowest BCUT2D eigenvalue weighted by Crippen LogP contribution is -2.44. The minimum absolute atomic E-state index is 0.0881. The fraction of sp³-hybridized carbons (Fsp3) is 0.545. The second kappa shape index (κ2) is 9.01. The normalized spacial score (nSPS) is 20.4. The number of nitrogens with zero attached hydrogens (tertiary/aromatic N) is 4. The number of sulfonamides is 1. The maximum Gasteiger partial charge on any atom is 0.416 e. The van der Waals surface area contributed by atoms with Gasteiger partial charge in [0.15, 0.2) is 0 Å². The molecule has 4 rings (SSSR count). The number of hydrogen-bond acceptors (Lipinski definition) is 5. The van der Waals surface area contributed by atoms with Crippen molar-refractivity contribution in [3.8, 4) is 11.3 Å². The lowest BCUT2D eigenvalue weighted by atomic mass is 10.0. The Kier molecular flexibility index (Phi) is 6.60. The van der Waals surface area contributed by atoms with Gasteiger partial charge in [-0.2, -0.15) is 22.6 Å². The summed E-state index contributed by atoms with van der Waals surface area (Å²) in [4.78, 5) is 2.15. The lowest BCUT2D eigenvalue weighted by Gasteiger charge is -2.37. The van der Waals surface area contributed by atoms with Gasteiger partial charge in [-0.1, -0.05) is 12.1 Å². The SMILES string of the molecule is CC(O)C(N1CC[CH]CC1)n1nc(-c2ccc(C(F)(F)F)cc2)c2c1CCN(S(C)(=O)=O)C2. The van der Waals surface area contributed by atoms with E-state index in [0.717, 1.165) is 50.0 Å². The van der Waals surface area contributed by atoms with Crippen molar-refractivity contribution >= 4 is 10.0 Å². The van der Waals surface area contributed by atoms with E-state index in [0.29, 0.717) is 23.2 Å². The van der Waals surface area contributed by atoms with Crippen LogP contribution in [0.15, 0.2) is 24.3 Å². The maximum absolute atomic E-state index is 13.1. The zero-order valence-corrected chi connectivity index (χ0v) is 19.4. The Labute approximate surface area is 191 Å². The van der Waals surface area contributed by atoms with Crippen LogP contribution in [0, 0.1) is 6.42 Å². The van der Waals surface area contributed by atoms with Gasteiger partial charge in [0, 0.05) is 49.4 Å². The average Bonchev–Trinajstić information content (AvgIpc) is 3.12. The average molecular weight is 486 g/mol. The minimum atomic E-state index is -4.45. The number of benzene rings is 1. The first-order valence-corrected chi connectivity index (χ1v) is 12.8. The number of likely N-dealkylation sites (tertiary alicyclic amines) is 1. The van der Waals surface area contributed by atoms with E-state index in [9.17, 15) is 26.7 Å². The summed E-state index contributed by atoms with van der Waals surface area (Å²) in [6.45, 7) is 3.58. The largest absolute Gasteiger partial charge is 0.416 e. The molecule has 0 bridgehead atoms. The first-order chi connectivity index (χ1) is 15.5. The first kappa shape index (κ1) is 24.2. The lowest BCUT2D eigenvalue weighted by molar-refractivity contribution is -0.137. The first-order valence-electron chi connectivity index (χ1n) is 10.9. The smallest absolute Gasteiger partial charge is 0.390 e. The minimum Gasteiger partial charge on any atom is -0.390 e. The molecule has 33 heavy (non-hydrogen) atoms. The number of piperidine rings is 1. The third-order valence-corrected chi connectivity index (χ3v) is 7.55. The molecule has 0 amide bonds. The zero-order valence-electron chi connectivity index (χ0n) is 18.6. The molecular formula is C22H28F3N4O3S. The second-order valence-electron chi connectivity index (χ2n) is 8.70. The molecule has 7 nitrogen and oxygen atoms in total. The van der Waals surface area contributed by atoms with E-state index in [1.54, 1.807) is 11.6 Å². The van der Waals surface area contributed by atoms with Crippen molar-refractivity contribution in [3.63, 3.8) is 0 Å². The molecule has 2 aromatic rings. The molecule has 2 atom stereocenters. The van der Waals surface area contributed by atoms with Gasteiger partial charge in [0.2, 0.25) is 10.0 Å². The van der Waals surface area contributed by atoms with E-state index in [2.05, 4.69) is 11.3 Å². The predicted octanol–water partition coefficient (Wildman–Crippen LogP) is 3.07. The van der Waals surface area contributed by atoms with E-state index in [-0.39, 0.29) is 13.1 Å². The van der Waals surface area contributed by atoms with Crippen LogP contribution in [-0.4, -0.2) is 64.5 Å². The van der Waals surface area contributed by atoms with Crippen molar-refractivity contribution in [3.05, 3.63) is 47.5 Å². The van der Waals surface area contributed by atoms with Crippen LogP contribution >= 0.6 is 0 Å². The van der Waals surface area contributed by atoms with Crippen molar-refractivity contribution in [2.75, 3.05) is 25.9 Å². The third-order valence-electron chi connectivity index (χ3n) is 6.30. The molecule has 1 saturated heterocycles. The van der Waals surface area contributed by atoms with Crippen LogP contribution in [0.2, 0.25) is 0 Å². The highest BCUT2D eigenvalue weighted by molar-refractivity contribution is 7.88. The summed E-state index contributed by atoms with van der Waals surface area (Å²) < 4.78 is 66.7. The topological polar surface area (TPSA) is 78.7 Å². The van der Waals surface area contributed by atoms with Gasteiger partial charge in [-0.05, 0) is 38.3 Å². The molecule has 2 aliphatic heterocycles. The van der Waals surface area contributed by atoms with E-state index >= 15 is 0 Å². The van der Waals surface area contributed by atoms with Crippen LogP contribution in [0.5, 0.6) is 0 Å². The highest BCUT2D eigenvalue weighted by atomic mass is 32.2. The monoisotopic (exact) mass is 485 g/mol. The maximum atomic E-state index is 13.1. The van der Waals surface area contributed by atoms with Crippen molar-refractivity contribution in [1.82, 2.24) is 19.0 Å². The Hall–Kier alpha value is -1.95. The number of aromatic nitrogens is 2. The summed E-state index contributed by atoms with van der Waals surface area (Å²) in [7, 11) is -3.46. The number of rotatable bonds is 5. The molecule has 0 spiro atoms. The molecule has 3 heterocycles. The van der Waals surface area contributed by atoms with Crippen LogP contribution in [0.25, 0.3) is 11.3 Å². The van der Waals surface area contributed by atoms with Crippen molar-refractivity contribution in [2.45, 2.75) is 51.2 Å². The van der Waals surface area contributed by atoms with Gasteiger partial charge < -0.3 is 5.11 Å². The molecule has 0 aliphatic carbocycles. The van der Waals surface area contributed by atoms with Gasteiger partial charge in [-0.25, -0.2) is 13.1 Å². The fourth-order valence-electron chi connectivity index (χ4n) is 4.67. The van der Waals surface area contributed by atoms with Gasteiger partial charge >= 0.3 is 6.18 Å². The number of aliphatic hydroxyl groups is 1. The summed E-state index contributed by atoms with van der Waals surface area (Å²) in [5.74, 6) is 0. The van der Waals surface area contributed by atoms with Crippen LogP contribution in [0.1, 0.15) is 42.8 Å². The molecule has 1 radical (unpaired) electrons. The van der Waals surface area contributed by atoms with E-state index in [4.69, 9.17) is 5.10 Å². The summed E-state index contributed by atoms with van der Waals surface area (Å²) in [5, 5.41) is 15.4. The number of fused-ring (bicyclic) bond motifs is 1. The van der Waals surface area contributed by atoms with Gasteiger partial charge in [0.05, 0.1) is 23.6 Å². The van der Waals surface area contributed by atoms with Crippen molar-refractivity contribution in [1.29, 1.82) is 0 Å². The van der Waals surface area contributed by atoms with Gasteiger partial charge in [0.25, 0.3) is 0 Å². The van der Waals surface area contributed by atoms with Crippen LogP contribution < -0.4 is 0 Å². The van der Waals surface area contributed by atoms with Crippen LogP contribution in [0.4, 0.5) is 13.2 Å². The van der Waals surface area contributed by atoms with E-state index in [1.165, 1.54) is 16.4 Å². The zero-order chi connectivity index (χ0) is 24.0. The quantitative estimate of drug-likeness (QED) is 0.704. The fourth-order valence-corrected chi connectivity index (χ4v) is 5.46. The van der Waals surface area contributed by atoms with Crippen molar-refractivity contribution in [2.24, 2.45) is 0 Å². The molecule has 181 valence electrons. The van der Waals surface area contributed by atoms with Crippen molar-refractivity contribution < 1.29 is 26.7 Å². The predicted molar refractivity (Wildman–Crippen MR) is 117 cm³/mol. The Balaban J connectivity index is 1.82. The molecule has 2 unspecified atom stereocenters. The molecule has 2 aliphatic rings. The molecule has 1 aromatic heterocycles. The summed E-state index contributed by atoms with van der Waals surface area (Å²) in [6, 6.07) is 4.74. The van der Waals surface area contributed by atoms with Crippen LogP contribution in [-0.2, 0) is 29.2 Å². The highest BCUT2D eigenvalue weighted by Crippen LogP contribution is 2.36. The molecule has 1 N–H and O–H groups in total. The third kappa shape index (κ3) is 4.96. The Morgan fingerprint density at radius 2 is 1.73 bits per heavy atom. The molecule has 1 aromatic carbocycles. The van der Waals surface area contributed by atoms with Gasteiger partial charge in [-0.15, -0.1) is 0 Å². The second-order valence-corrected chi connectivity index (χ2v) is 10.7. The number of aliphatic hydroxyl groups excluding tert-OH is 1. The Morgan fingerprint density at radius 1 is 1.09 bits per heavy atom. The number of hydrogen-bond donors (Lipinski definition) is 1. The highest BCUT2D eigenvalue weighted by Gasteiger charge is 2.36. The number of alkyl halides is 3. The summed E-state index contributed by atoms with van der Waals surface area (Å²) >= 11 is 0.